The smallest absolute Gasteiger partial charge is 0.257 e. The van der Waals surface area contributed by atoms with Crippen LogP contribution in [0.1, 0.15) is 47.8 Å². The van der Waals surface area contributed by atoms with Crippen LogP contribution in [0.15, 0.2) is 30.5 Å². The van der Waals surface area contributed by atoms with Crippen molar-refractivity contribution in [3.8, 4) is 0 Å². The molecule has 2 amide bonds. The fourth-order valence-electron chi connectivity index (χ4n) is 2.08. The highest BCUT2D eigenvalue weighted by molar-refractivity contribution is 7.15. The van der Waals surface area contributed by atoms with Gasteiger partial charge in [0.05, 0.1) is 0 Å². The molecule has 1 aliphatic carbocycles. The van der Waals surface area contributed by atoms with Crippen molar-refractivity contribution < 1.29 is 9.59 Å². The van der Waals surface area contributed by atoms with Crippen LogP contribution in [-0.4, -0.2) is 16.8 Å². The Balaban J connectivity index is 1.61. The molecule has 23 heavy (non-hydrogen) atoms. The lowest BCUT2D eigenvalue weighted by Crippen LogP contribution is -2.14. The van der Waals surface area contributed by atoms with Crippen LogP contribution in [0.3, 0.4) is 0 Å². The predicted molar refractivity (Wildman–Crippen MR) is 92.0 cm³/mol. The van der Waals surface area contributed by atoms with Crippen LogP contribution in [0.4, 0.5) is 10.8 Å². The van der Waals surface area contributed by atoms with Gasteiger partial charge in [0.2, 0.25) is 5.91 Å². The zero-order chi connectivity index (χ0) is 16.4. The summed E-state index contributed by atoms with van der Waals surface area (Å²) < 4.78 is 0. The number of hydrogen-bond acceptors (Lipinski definition) is 4. The molecular weight excluding hydrogens is 310 g/mol. The minimum Gasteiger partial charge on any atom is -0.326 e. The quantitative estimate of drug-likeness (QED) is 0.875. The maximum absolute atomic E-state index is 12.2. The molecule has 5 nitrogen and oxygen atoms in total. The second-order valence-corrected chi connectivity index (χ2v) is 7.08. The second kappa shape index (κ2) is 6.50. The van der Waals surface area contributed by atoms with Crippen molar-refractivity contribution in [2.75, 3.05) is 10.6 Å². The summed E-state index contributed by atoms with van der Waals surface area (Å²) in [5, 5.41) is 6.26. The molecule has 1 aliphatic rings. The van der Waals surface area contributed by atoms with E-state index >= 15 is 0 Å². The Morgan fingerprint density at radius 2 is 1.87 bits per heavy atom. The van der Waals surface area contributed by atoms with Crippen LogP contribution in [0.2, 0.25) is 0 Å². The third-order valence-corrected chi connectivity index (χ3v) is 4.89. The Labute approximate surface area is 139 Å². The van der Waals surface area contributed by atoms with E-state index in [4.69, 9.17) is 0 Å². The van der Waals surface area contributed by atoms with E-state index in [1.54, 1.807) is 30.5 Å². The van der Waals surface area contributed by atoms with Gasteiger partial charge in [-0.3, -0.25) is 14.9 Å². The molecule has 0 unspecified atom stereocenters. The van der Waals surface area contributed by atoms with Gasteiger partial charge < -0.3 is 5.32 Å². The summed E-state index contributed by atoms with van der Waals surface area (Å²) in [7, 11) is 0. The number of nitrogens with one attached hydrogen (secondary N) is 2. The average Bonchev–Trinajstić information content (AvgIpc) is 3.28. The molecule has 0 spiro atoms. The fraction of sp³-hybridized carbons (Fsp3) is 0.353. The molecular formula is C17H19N3O2S. The highest BCUT2D eigenvalue weighted by Crippen LogP contribution is 2.30. The van der Waals surface area contributed by atoms with Gasteiger partial charge in [0, 0.05) is 28.2 Å². The molecule has 1 aromatic carbocycles. The molecule has 6 heteroatoms. The number of carbonyl (C=O) groups excluding carboxylic acids is 2. The van der Waals surface area contributed by atoms with E-state index in [9.17, 15) is 9.59 Å². The zero-order valence-electron chi connectivity index (χ0n) is 13.1. The third-order valence-electron chi connectivity index (χ3n) is 3.68. The third kappa shape index (κ3) is 3.96. The van der Waals surface area contributed by atoms with E-state index < -0.39 is 0 Å². The van der Waals surface area contributed by atoms with E-state index in [2.05, 4.69) is 29.5 Å². The molecule has 120 valence electrons. The van der Waals surface area contributed by atoms with Crippen molar-refractivity contribution in [3.63, 3.8) is 0 Å². The number of thiazole rings is 1. The Hall–Kier alpha value is -2.21. The summed E-state index contributed by atoms with van der Waals surface area (Å²) in [6, 6.07) is 6.90. The zero-order valence-corrected chi connectivity index (χ0v) is 13.9. The molecule has 1 aromatic heterocycles. The van der Waals surface area contributed by atoms with Crippen LogP contribution >= 0.6 is 11.3 Å². The molecule has 0 saturated heterocycles. The van der Waals surface area contributed by atoms with E-state index in [0.29, 0.717) is 16.6 Å². The SMILES string of the molecule is CC(C)c1cnc(NC(=O)c2ccc(NC(=O)C3CC3)cc2)s1. The molecule has 2 aromatic rings. The Bertz CT molecular complexity index is 718. The van der Waals surface area contributed by atoms with Gasteiger partial charge in [0.25, 0.3) is 5.91 Å². The van der Waals surface area contributed by atoms with Crippen LogP contribution in [0, 0.1) is 5.92 Å². The van der Waals surface area contributed by atoms with Crippen molar-refractivity contribution in [2.24, 2.45) is 5.92 Å². The first-order chi connectivity index (χ1) is 11.0. The van der Waals surface area contributed by atoms with Gasteiger partial charge in [0.15, 0.2) is 5.13 Å². The summed E-state index contributed by atoms with van der Waals surface area (Å²) in [4.78, 5) is 29.3. The molecule has 0 bridgehead atoms. The lowest BCUT2D eigenvalue weighted by atomic mass is 10.2. The topological polar surface area (TPSA) is 71.1 Å². The van der Waals surface area contributed by atoms with E-state index in [0.717, 1.165) is 23.4 Å². The molecule has 1 heterocycles. The van der Waals surface area contributed by atoms with Crippen LogP contribution in [0.25, 0.3) is 0 Å². The van der Waals surface area contributed by atoms with Crippen molar-refractivity contribution in [1.29, 1.82) is 0 Å². The van der Waals surface area contributed by atoms with Gasteiger partial charge in [-0.1, -0.05) is 13.8 Å². The number of hydrogen-bond donors (Lipinski definition) is 2. The van der Waals surface area contributed by atoms with E-state index in [-0.39, 0.29) is 17.7 Å². The van der Waals surface area contributed by atoms with Crippen LogP contribution in [-0.2, 0) is 4.79 Å². The minimum atomic E-state index is -0.199. The van der Waals surface area contributed by atoms with Gasteiger partial charge in [0.1, 0.15) is 0 Å². The fourth-order valence-corrected chi connectivity index (χ4v) is 2.89. The molecule has 2 N–H and O–H groups in total. The Morgan fingerprint density at radius 3 is 2.43 bits per heavy atom. The van der Waals surface area contributed by atoms with Gasteiger partial charge in [-0.2, -0.15) is 0 Å². The first-order valence-corrected chi connectivity index (χ1v) is 8.52. The monoisotopic (exact) mass is 329 g/mol. The first kappa shape index (κ1) is 15.7. The number of nitrogens with zero attached hydrogens (tertiary/aromatic N) is 1. The summed E-state index contributed by atoms with van der Waals surface area (Å²) in [5.74, 6) is 0.423. The van der Waals surface area contributed by atoms with Crippen LogP contribution in [0.5, 0.6) is 0 Å². The lowest BCUT2D eigenvalue weighted by molar-refractivity contribution is -0.117. The van der Waals surface area contributed by atoms with Crippen molar-refractivity contribution in [2.45, 2.75) is 32.6 Å². The molecule has 3 rings (SSSR count). The number of anilines is 2. The first-order valence-electron chi connectivity index (χ1n) is 7.71. The maximum atomic E-state index is 12.2. The standard InChI is InChI=1S/C17H19N3O2S/c1-10(2)14-9-18-17(23-14)20-16(22)12-5-7-13(8-6-12)19-15(21)11-3-4-11/h5-11H,3-4H2,1-2H3,(H,19,21)(H,18,20,22). The summed E-state index contributed by atoms with van der Waals surface area (Å²) in [5.41, 5.74) is 1.26. The van der Waals surface area contributed by atoms with Crippen molar-refractivity contribution >= 4 is 34.0 Å². The highest BCUT2D eigenvalue weighted by Gasteiger charge is 2.29. The number of carbonyl (C=O) groups is 2. The normalized spacial score (nSPS) is 13.9. The Kier molecular flexibility index (Phi) is 4.43. The van der Waals surface area contributed by atoms with Crippen LogP contribution < -0.4 is 10.6 Å². The molecule has 0 radical (unpaired) electrons. The van der Waals surface area contributed by atoms with Gasteiger partial charge in [-0.05, 0) is 43.0 Å². The van der Waals surface area contributed by atoms with Gasteiger partial charge >= 0.3 is 0 Å². The molecule has 1 saturated carbocycles. The molecule has 0 aliphatic heterocycles. The van der Waals surface area contributed by atoms with Crippen molar-refractivity contribution in [3.05, 3.63) is 40.9 Å². The largest absolute Gasteiger partial charge is 0.326 e. The second-order valence-electron chi connectivity index (χ2n) is 6.02. The minimum absolute atomic E-state index is 0.0613. The Morgan fingerprint density at radius 1 is 1.17 bits per heavy atom. The molecule has 0 atom stereocenters. The summed E-state index contributed by atoms with van der Waals surface area (Å²) in [6.07, 6.45) is 3.73. The number of aromatic nitrogens is 1. The van der Waals surface area contributed by atoms with Crippen molar-refractivity contribution in [1.82, 2.24) is 4.98 Å². The summed E-state index contributed by atoms with van der Waals surface area (Å²) >= 11 is 1.49. The predicted octanol–water partition coefficient (Wildman–Crippen LogP) is 3.87. The van der Waals surface area contributed by atoms with Gasteiger partial charge in [-0.25, -0.2) is 4.98 Å². The summed E-state index contributed by atoms with van der Waals surface area (Å²) in [6.45, 7) is 4.18. The number of amides is 2. The van der Waals surface area contributed by atoms with E-state index in [1.807, 2.05) is 0 Å². The van der Waals surface area contributed by atoms with E-state index in [1.165, 1.54) is 11.3 Å². The number of benzene rings is 1. The van der Waals surface area contributed by atoms with Gasteiger partial charge in [-0.15, -0.1) is 11.3 Å². The lowest BCUT2D eigenvalue weighted by Gasteiger charge is -2.06. The highest BCUT2D eigenvalue weighted by atomic mass is 32.1. The molecule has 1 fully saturated rings. The maximum Gasteiger partial charge on any atom is 0.257 e. The average molecular weight is 329 g/mol. The number of rotatable bonds is 5.